The fourth-order valence-electron chi connectivity index (χ4n) is 0.700. The minimum Gasteiger partial charge on any atom is -0.387 e. The summed E-state index contributed by atoms with van der Waals surface area (Å²) in [4.78, 5) is 25.3. The number of aliphatic hydroxyl groups excluding tert-OH is 1. The van der Waals surface area contributed by atoms with Crippen molar-refractivity contribution >= 4 is 34.3 Å². The van der Waals surface area contributed by atoms with Crippen molar-refractivity contribution in [3.05, 3.63) is 20.3 Å². The summed E-state index contributed by atoms with van der Waals surface area (Å²) in [5.74, 6) is -0.650. The van der Waals surface area contributed by atoms with Gasteiger partial charge in [0.25, 0.3) is 5.91 Å². The van der Waals surface area contributed by atoms with Gasteiger partial charge in [0, 0.05) is 6.20 Å². The first-order valence-electron chi connectivity index (χ1n) is 3.25. The molecule has 1 heterocycles. The quantitative estimate of drug-likeness (QED) is 0.652. The lowest BCUT2D eigenvalue weighted by Crippen LogP contribution is -2.31. The molecule has 70 valence electrons. The smallest absolute Gasteiger partial charge is 0.356 e. The second-order valence-corrected chi connectivity index (χ2v) is 3.34. The SMILES string of the molecule is Nc1nc(=O)n(C(=O)CO)cc1I. The molecule has 0 spiro atoms. The lowest BCUT2D eigenvalue weighted by Gasteiger charge is -2.02. The Morgan fingerprint density at radius 3 is 2.92 bits per heavy atom. The molecule has 0 aliphatic carbocycles. The first-order chi connectivity index (χ1) is 6.06. The molecule has 1 aromatic heterocycles. The highest BCUT2D eigenvalue weighted by Gasteiger charge is 2.08. The van der Waals surface area contributed by atoms with Crippen molar-refractivity contribution in [3.8, 4) is 0 Å². The van der Waals surface area contributed by atoms with Gasteiger partial charge in [-0.05, 0) is 22.6 Å². The van der Waals surface area contributed by atoms with Crippen LogP contribution in [0.25, 0.3) is 0 Å². The number of nitrogens with two attached hydrogens (primary N) is 1. The summed E-state index contributed by atoms with van der Waals surface area (Å²) >= 11 is 1.84. The lowest BCUT2D eigenvalue weighted by atomic mass is 10.5. The van der Waals surface area contributed by atoms with Gasteiger partial charge in [-0.1, -0.05) is 0 Å². The molecule has 13 heavy (non-hydrogen) atoms. The van der Waals surface area contributed by atoms with Gasteiger partial charge in [-0.2, -0.15) is 4.98 Å². The van der Waals surface area contributed by atoms with E-state index in [1.54, 1.807) is 0 Å². The first kappa shape index (κ1) is 10.1. The maximum absolute atomic E-state index is 11.0. The molecule has 0 aromatic carbocycles. The van der Waals surface area contributed by atoms with Crippen molar-refractivity contribution in [3.63, 3.8) is 0 Å². The van der Waals surface area contributed by atoms with Gasteiger partial charge in [-0.3, -0.25) is 4.79 Å². The maximum Gasteiger partial charge on any atom is 0.356 e. The van der Waals surface area contributed by atoms with Crippen LogP contribution < -0.4 is 11.4 Å². The van der Waals surface area contributed by atoms with Crippen LogP contribution in [0.2, 0.25) is 0 Å². The summed E-state index contributed by atoms with van der Waals surface area (Å²) in [7, 11) is 0. The molecular formula is C6H6IN3O3. The number of anilines is 1. The van der Waals surface area contributed by atoms with Crippen LogP contribution in [0.5, 0.6) is 0 Å². The third kappa shape index (κ3) is 2.04. The fourth-order valence-corrected chi connectivity index (χ4v) is 1.10. The molecule has 0 aliphatic rings. The van der Waals surface area contributed by atoms with E-state index in [2.05, 4.69) is 4.98 Å². The minimum atomic E-state index is -0.781. The molecule has 0 radical (unpaired) electrons. The van der Waals surface area contributed by atoms with E-state index in [0.29, 0.717) is 3.57 Å². The Bertz CT molecular complexity index is 401. The highest BCUT2D eigenvalue weighted by molar-refractivity contribution is 14.1. The largest absolute Gasteiger partial charge is 0.387 e. The van der Waals surface area contributed by atoms with E-state index in [0.717, 1.165) is 4.57 Å². The van der Waals surface area contributed by atoms with Crippen LogP contribution >= 0.6 is 22.6 Å². The molecular weight excluding hydrogens is 289 g/mol. The molecule has 0 aliphatic heterocycles. The van der Waals surface area contributed by atoms with Crippen molar-refractivity contribution < 1.29 is 9.90 Å². The van der Waals surface area contributed by atoms with Crippen molar-refractivity contribution in [1.29, 1.82) is 0 Å². The molecule has 0 unspecified atom stereocenters. The molecule has 0 fully saturated rings. The Balaban J connectivity index is 3.32. The lowest BCUT2D eigenvalue weighted by molar-refractivity contribution is 0.0812. The molecule has 3 N–H and O–H groups in total. The van der Waals surface area contributed by atoms with E-state index in [1.165, 1.54) is 6.20 Å². The predicted molar refractivity (Wildman–Crippen MR) is 53.3 cm³/mol. The summed E-state index contributed by atoms with van der Waals surface area (Å²) < 4.78 is 1.21. The Kier molecular flexibility index (Phi) is 2.98. The second-order valence-electron chi connectivity index (χ2n) is 2.18. The molecule has 6 nitrogen and oxygen atoms in total. The predicted octanol–water partition coefficient (Wildman–Crippen LogP) is -0.937. The zero-order valence-corrected chi connectivity index (χ0v) is 8.56. The average Bonchev–Trinajstić information content (AvgIpc) is 2.10. The van der Waals surface area contributed by atoms with Crippen molar-refractivity contribution in [2.75, 3.05) is 12.3 Å². The monoisotopic (exact) mass is 295 g/mol. The van der Waals surface area contributed by atoms with Gasteiger partial charge in [0.2, 0.25) is 0 Å². The number of hydrogen-bond donors (Lipinski definition) is 2. The summed E-state index contributed by atoms with van der Waals surface area (Å²) in [6.45, 7) is -0.735. The number of aliphatic hydroxyl groups is 1. The van der Waals surface area contributed by atoms with E-state index in [9.17, 15) is 9.59 Å². The Hall–Kier alpha value is -0.960. The standard InChI is InChI=1S/C6H6IN3O3/c7-3-1-10(4(12)2-11)6(13)9-5(3)8/h1,11H,2H2,(H2,8,9,13). The molecule has 7 heteroatoms. The number of rotatable bonds is 1. The van der Waals surface area contributed by atoms with E-state index in [-0.39, 0.29) is 5.82 Å². The Labute approximate surface area is 86.5 Å². The summed E-state index contributed by atoms with van der Waals surface area (Å²) in [6.07, 6.45) is 1.24. The van der Waals surface area contributed by atoms with Crippen molar-refractivity contribution in [2.45, 2.75) is 0 Å². The average molecular weight is 295 g/mol. The van der Waals surface area contributed by atoms with Gasteiger partial charge in [-0.15, -0.1) is 0 Å². The molecule has 0 amide bonds. The van der Waals surface area contributed by atoms with Gasteiger partial charge in [0.15, 0.2) is 0 Å². The zero-order chi connectivity index (χ0) is 10.0. The van der Waals surface area contributed by atoms with Crippen LogP contribution in [0.15, 0.2) is 11.0 Å². The molecule has 0 atom stereocenters. The van der Waals surface area contributed by atoms with Crippen molar-refractivity contribution in [2.24, 2.45) is 0 Å². The van der Waals surface area contributed by atoms with Gasteiger partial charge >= 0.3 is 5.69 Å². The molecule has 0 saturated carbocycles. The third-order valence-electron chi connectivity index (χ3n) is 1.31. The van der Waals surface area contributed by atoms with Crippen LogP contribution in [0.1, 0.15) is 4.79 Å². The normalized spacial score (nSPS) is 10.0. The minimum absolute atomic E-state index is 0.0765. The first-order valence-corrected chi connectivity index (χ1v) is 4.33. The third-order valence-corrected chi connectivity index (χ3v) is 2.14. The number of aromatic nitrogens is 2. The van der Waals surface area contributed by atoms with Crippen LogP contribution in [-0.4, -0.2) is 27.2 Å². The summed E-state index contributed by atoms with van der Waals surface area (Å²) in [5.41, 5.74) is 4.54. The fraction of sp³-hybridized carbons (Fsp3) is 0.167. The topological polar surface area (TPSA) is 98.2 Å². The summed E-state index contributed by atoms with van der Waals surface area (Å²) in [6, 6.07) is 0. The molecule has 1 rings (SSSR count). The van der Waals surface area contributed by atoms with Crippen LogP contribution in [0.4, 0.5) is 5.82 Å². The highest BCUT2D eigenvalue weighted by Crippen LogP contribution is 2.07. The highest BCUT2D eigenvalue weighted by atomic mass is 127. The number of carbonyl (C=O) groups excluding carboxylic acids is 1. The van der Waals surface area contributed by atoms with E-state index in [1.807, 2.05) is 22.6 Å². The van der Waals surface area contributed by atoms with Gasteiger partial charge in [0.05, 0.1) is 3.57 Å². The Morgan fingerprint density at radius 2 is 2.38 bits per heavy atom. The number of nitrogen functional groups attached to an aromatic ring is 1. The second kappa shape index (κ2) is 3.83. The van der Waals surface area contributed by atoms with Crippen LogP contribution in [0.3, 0.4) is 0 Å². The zero-order valence-electron chi connectivity index (χ0n) is 6.40. The van der Waals surface area contributed by atoms with E-state index < -0.39 is 18.2 Å². The number of carbonyl (C=O) groups is 1. The summed E-state index contributed by atoms with van der Waals surface area (Å²) in [5, 5.41) is 8.50. The van der Waals surface area contributed by atoms with Crippen LogP contribution in [0, 0.1) is 3.57 Å². The molecule has 0 saturated heterocycles. The number of nitrogens with zero attached hydrogens (tertiary/aromatic N) is 2. The Morgan fingerprint density at radius 1 is 1.77 bits per heavy atom. The number of hydrogen-bond acceptors (Lipinski definition) is 5. The molecule has 0 bridgehead atoms. The van der Waals surface area contributed by atoms with Gasteiger partial charge in [-0.25, -0.2) is 9.36 Å². The van der Waals surface area contributed by atoms with Crippen molar-refractivity contribution in [1.82, 2.24) is 9.55 Å². The van der Waals surface area contributed by atoms with Crippen LogP contribution in [-0.2, 0) is 0 Å². The van der Waals surface area contributed by atoms with E-state index >= 15 is 0 Å². The van der Waals surface area contributed by atoms with Gasteiger partial charge < -0.3 is 10.8 Å². The van der Waals surface area contributed by atoms with Gasteiger partial charge in [0.1, 0.15) is 12.4 Å². The maximum atomic E-state index is 11.0. The van der Waals surface area contributed by atoms with E-state index in [4.69, 9.17) is 10.8 Å². The number of halogens is 1. The molecule has 1 aromatic rings.